The van der Waals surface area contributed by atoms with Crippen molar-refractivity contribution in [2.45, 2.75) is 24.9 Å². The van der Waals surface area contributed by atoms with E-state index in [1.807, 2.05) is 12.1 Å². The first kappa shape index (κ1) is 10.1. The number of aliphatic hydroxyl groups excluding tert-OH is 1. The summed E-state index contributed by atoms with van der Waals surface area (Å²) < 4.78 is 0. The molecule has 1 saturated carbocycles. The summed E-state index contributed by atoms with van der Waals surface area (Å²) in [5.41, 5.74) is 1.25. The van der Waals surface area contributed by atoms with Crippen LogP contribution in [0.1, 0.15) is 24.1 Å². The standard InChI is InChI=1S/C11H13N3O/c12-6-10-9(2-1-5-13-10)7-14-11(8-15)3-4-11/h1-2,5,14-15H,3-4,7-8H2. The molecule has 0 unspecified atom stereocenters. The van der Waals surface area contributed by atoms with Crippen LogP contribution in [0.2, 0.25) is 0 Å². The van der Waals surface area contributed by atoms with Crippen molar-refractivity contribution in [3.8, 4) is 6.07 Å². The fraction of sp³-hybridized carbons (Fsp3) is 0.455. The maximum atomic E-state index is 9.12. The minimum atomic E-state index is -0.0947. The van der Waals surface area contributed by atoms with E-state index in [1.165, 1.54) is 0 Å². The van der Waals surface area contributed by atoms with Gasteiger partial charge in [0.25, 0.3) is 0 Å². The van der Waals surface area contributed by atoms with E-state index in [1.54, 1.807) is 6.20 Å². The molecule has 0 atom stereocenters. The fourth-order valence-electron chi connectivity index (χ4n) is 1.51. The van der Waals surface area contributed by atoms with Crippen LogP contribution in [0.5, 0.6) is 0 Å². The molecular weight excluding hydrogens is 190 g/mol. The van der Waals surface area contributed by atoms with Crippen LogP contribution in [-0.2, 0) is 6.54 Å². The van der Waals surface area contributed by atoms with Crippen LogP contribution in [0.25, 0.3) is 0 Å². The third-order valence-electron chi connectivity index (χ3n) is 2.81. The van der Waals surface area contributed by atoms with Crippen LogP contribution in [0, 0.1) is 11.3 Å². The van der Waals surface area contributed by atoms with Crippen molar-refractivity contribution >= 4 is 0 Å². The second-order valence-corrected chi connectivity index (χ2v) is 3.91. The van der Waals surface area contributed by atoms with Crippen LogP contribution in [-0.4, -0.2) is 22.2 Å². The first-order chi connectivity index (χ1) is 7.29. The summed E-state index contributed by atoms with van der Waals surface area (Å²) in [6, 6.07) is 5.75. The SMILES string of the molecule is N#Cc1ncccc1CNC1(CO)CC1. The molecule has 78 valence electrons. The highest BCUT2D eigenvalue weighted by molar-refractivity contribution is 5.30. The number of nitriles is 1. The van der Waals surface area contributed by atoms with E-state index in [9.17, 15) is 0 Å². The van der Waals surface area contributed by atoms with Crippen molar-refractivity contribution in [2.75, 3.05) is 6.61 Å². The lowest BCUT2D eigenvalue weighted by atomic mass is 10.2. The van der Waals surface area contributed by atoms with Crippen molar-refractivity contribution in [1.29, 1.82) is 5.26 Å². The summed E-state index contributed by atoms with van der Waals surface area (Å²) in [6.45, 7) is 0.756. The van der Waals surface area contributed by atoms with E-state index >= 15 is 0 Å². The Kier molecular flexibility index (Phi) is 2.67. The average Bonchev–Trinajstić information content (AvgIpc) is 3.07. The van der Waals surface area contributed by atoms with E-state index < -0.39 is 0 Å². The zero-order valence-electron chi connectivity index (χ0n) is 8.40. The number of hydrogen-bond acceptors (Lipinski definition) is 4. The van der Waals surface area contributed by atoms with Crippen molar-refractivity contribution in [3.63, 3.8) is 0 Å². The number of aliphatic hydroxyl groups is 1. The summed E-state index contributed by atoms with van der Waals surface area (Å²) in [6.07, 6.45) is 3.62. The predicted octanol–water partition coefficient (Wildman–Crippen LogP) is 0.568. The van der Waals surface area contributed by atoms with Gasteiger partial charge in [0.2, 0.25) is 0 Å². The predicted molar refractivity (Wildman–Crippen MR) is 54.8 cm³/mol. The van der Waals surface area contributed by atoms with E-state index in [0.717, 1.165) is 18.4 Å². The van der Waals surface area contributed by atoms with Gasteiger partial charge in [-0.1, -0.05) is 6.07 Å². The van der Waals surface area contributed by atoms with Gasteiger partial charge >= 0.3 is 0 Å². The Balaban J connectivity index is 2.02. The van der Waals surface area contributed by atoms with Crippen molar-refractivity contribution in [3.05, 3.63) is 29.6 Å². The molecule has 2 rings (SSSR count). The van der Waals surface area contributed by atoms with E-state index in [2.05, 4.69) is 16.4 Å². The molecular formula is C11H13N3O. The minimum Gasteiger partial charge on any atom is -0.394 e. The van der Waals surface area contributed by atoms with Crippen LogP contribution in [0.4, 0.5) is 0 Å². The third kappa shape index (κ3) is 2.14. The molecule has 1 heterocycles. The summed E-state index contributed by atoms with van der Waals surface area (Å²) >= 11 is 0. The lowest BCUT2D eigenvalue weighted by Gasteiger charge is -2.14. The normalized spacial score (nSPS) is 17.1. The third-order valence-corrected chi connectivity index (χ3v) is 2.81. The molecule has 15 heavy (non-hydrogen) atoms. The Morgan fingerprint density at radius 2 is 2.40 bits per heavy atom. The molecule has 0 amide bonds. The molecule has 1 aromatic rings. The first-order valence-electron chi connectivity index (χ1n) is 4.99. The maximum absolute atomic E-state index is 9.12. The van der Waals surface area contributed by atoms with Crippen LogP contribution in [0.3, 0.4) is 0 Å². The Bertz CT molecular complexity index is 393. The highest BCUT2D eigenvalue weighted by Crippen LogP contribution is 2.34. The molecule has 0 saturated heterocycles. The Morgan fingerprint density at radius 1 is 1.60 bits per heavy atom. The lowest BCUT2D eigenvalue weighted by molar-refractivity contribution is 0.229. The number of aromatic nitrogens is 1. The second kappa shape index (κ2) is 3.97. The molecule has 0 aliphatic heterocycles. The zero-order valence-corrected chi connectivity index (χ0v) is 8.40. The molecule has 1 aliphatic carbocycles. The van der Waals surface area contributed by atoms with E-state index in [-0.39, 0.29) is 12.1 Å². The van der Waals surface area contributed by atoms with E-state index in [0.29, 0.717) is 12.2 Å². The van der Waals surface area contributed by atoms with Gasteiger partial charge in [0, 0.05) is 23.8 Å². The Morgan fingerprint density at radius 3 is 3.00 bits per heavy atom. The minimum absolute atomic E-state index is 0.0947. The largest absolute Gasteiger partial charge is 0.394 e. The second-order valence-electron chi connectivity index (χ2n) is 3.91. The van der Waals surface area contributed by atoms with Crippen molar-refractivity contribution < 1.29 is 5.11 Å². The molecule has 1 fully saturated rings. The number of pyridine rings is 1. The molecule has 0 aromatic carbocycles. The lowest BCUT2D eigenvalue weighted by Crippen LogP contribution is -2.34. The molecule has 1 aliphatic rings. The topological polar surface area (TPSA) is 68.9 Å². The van der Waals surface area contributed by atoms with Gasteiger partial charge in [-0.15, -0.1) is 0 Å². The van der Waals surface area contributed by atoms with Gasteiger partial charge in [0.1, 0.15) is 11.8 Å². The number of rotatable bonds is 4. The molecule has 0 spiro atoms. The van der Waals surface area contributed by atoms with Crippen molar-refractivity contribution in [1.82, 2.24) is 10.3 Å². The highest BCUT2D eigenvalue weighted by atomic mass is 16.3. The Labute approximate surface area is 88.6 Å². The van der Waals surface area contributed by atoms with Crippen molar-refractivity contribution in [2.24, 2.45) is 0 Å². The molecule has 2 N–H and O–H groups in total. The Hall–Kier alpha value is -1.44. The summed E-state index contributed by atoms with van der Waals surface area (Å²) in [4.78, 5) is 3.98. The van der Waals surface area contributed by atoms with Crippen LogP contribution in [0.15, 0.2) is 18.3 Å². The maximum Gasteiger partial charge on any atom is 0.144 e. The average molecular weight is 203 g/mol. The van der Waals surface area contributed by atoms with E-state index in [4.69, 9.17) is 10.4 Å². The monoisotopic (exact) mass is 203 g/mol. The molecule has 1 aromatic heterocycles. The van der Waals surface area contributed by atoms with Gasteiger partial charge in [-0.05, 0) is 18.9 Å². The summed E-state index contributed by atoms with van der Waals surface area (Å²) in [5.74, 6) is 0. The fourth-order valence-corrected chi connectivity index (χ4v) is 1.51. The quantitative estimate of drug-likeness (QED) is 0.750. The van der Waals surface area contributed by atoms with Gasteiger partial charge in [-0.25, -0.2) is 4.98 Å². The molecule has 4 nitrogen and oxygen atoms in total. The highest BCUT2D eigenvalue weighted by Gasteiger charge is 2.41. The van der Waals surface area contributed by atoms with Gasteiger partial charge in [-0.2, -0.15) is 5.26 Å². The number of hydrogen-bond donors (Lipinski definition) is 2. The van der Waals surface area contributed by atoms with Gasteiger partial charge < -0.3 is 10.4 Å². The van der Waals surface area contributed by atoms with Gasteiger partial charge in [0.05, 0.1) is 6.61 Å². The van der Waals surface area contributed by atoms with Gasteiger partial charge in [0.15, 0.2) is 0 Å². The zero-order chi connectivity index (χ0) is 10.7. The molecule has 0 bridgehead atoms. The number of nitrogens with one attached hydrogen (secondary N) is 1. The smallest absolute Gasteiger partial charge is 0.144 e. The van der Waals surface area contributed by atoms with Gasteiger partial charge in [-0.3, -0.25) is 0 Å². The van der Waals surface area contributed by atoms with Crippen LogP contribution >= 0.6 is 0 Å². The first-order valence-corrected chi connectivity index (χ1v) is 4.99. The molecule has 4 heteroatoms. The number of nitrogens with zero attached hydrogens (tertiary/aromatic N) is 2. The summed E-state index contributed by atoms with van der Waals surface area (Å²) in [5, 5.41) is 21.2. The summed E-state index contributed by atoms with van der Waals surface area (Å²) in [7, 11) is 0. The van der Waals surface area contributed by atoms with Crippen LogP contribution < -0.4 is 5.32 Å². The molecule has 0 radical (unpaired) electrons.